The number of carbonyl (C=O) groups excluding carboxylic acids is 1. The van der Waals surface area contributed by atoms with E-state index in [9.17, 15) is 4.79 Å². The molecule has 0 saturated heterocycles. The summed E-state index contributed by atoms with van der Waals surface area (Å²) in [4.78, 5) is 13.4. The monoisotopic (exact) mass is 298 g/mol. The lowest BCUT2D eigenvalue weighted by Gasteiger charge is -2.19. The number of carbonyl (C=O) groups is 1. The van der Waals surface area contributed by atoms with Gasteiger partial charge in [0.05, 0.1) is 8.66 Å². The summed E-state index contributed by atoms with van der Waals surface area (Å²) in [6.07, 6.45) is 5.11. The number of hydrogen-bond donors (Lipinski definition) is 0. The predicted molar refractivity (Wildman–Crippen MR) is 70.0 cm³/mol. The van der Waals surface area contributed by atoms with Crippen LogP contribution in [0.3, 0.4) is 0 Å². The van der Waals surface area contributed by atoms with Gasteiger partial charge in [-0.15, -0.1) is 11.3 Å². The number of rotatable bonds is 2. The minimum atomic E-state index is 0.337. The molecule has 3 heteroatoms. The summed E-state index contributed by atoms with van der Waals surface area (Å²) in [5, 5.41) is 0. The molecule has 16 heavy (non-hydrogen) atoms. The van der Waals surface area contributed by atoms with Gasteiger partial charge in [0.15, 0.2) is 5.78 Å². The first kappa shape index (κ1) is 11.0. The number of hydrogen-bond acceptors (Lipinski definition) is 2. The fraction of sp³-hybridized carbons (Fsp3) is 0.615. The maximum atomic E-state index is 12.4. The minimum Gasteiger partial charge on any atom is -0.293 e. The van der Waals surface area contributed by atoms with E-state index >= 15 is 0 Å². The molecule has 86 valence electrons. The van der Waals surface area contributed by atoms with Gasteiger partial charge in [0.2, 0.25) is 0 Å². The van der Waals surface area contributed by atoms with Crippen molar-refractivity contribution in [3.63, 3.8) is 0 Å². The summed E-state index contributed by atoms with van der Waals surface area (Å²) in [5.41, 5.74) is 1.19. The van der Waals surface area contributed by atoms with Gasteiger partial charge in [-0.1, -0.05) is 6.42 Å². The first-order chi connectivity index (χ1) is 7.65. The minimum absolute atomic E-state index is 0.337. The van der Waals surface area contributed by atoms with Gasteiger partial charge in [-0.2, -0.15) is 0 Å². The third kappa shape index (κ3) is 1.68. The molecule has 3 atom stereocenters. The summed E-state index contributed by atoms with van der Waals surface area (Å²) in [6.45, 7) is 2.05. The number of thiophene rings is 1. The SMILES string of the molecule is Cc1cc(C(=O)C2CC3CCC2C3)sc1Br. The molecule has 2 saturated carbocycles. The van der Waals surface area contributed by atoms with E-state index in [4.69, 9.17) is 0 Å². The fourth-order valence-corrected chi connectivity index (χ4v) is 4.87. The standard InChI is InChI=1S/C13H15BrOS/c1-7-4-11(16-13(7)14)12(15)10-6-8-2-3-9(10)5-8/h4,8-10H,2-3,5-6H2,1H3. The Hall–Kier alpha value is -0.150. The topological polar surface area (TPSA) is 17.1 Å². The summed E-state index contributed by atoms with van der Waals surface area (Å²) in [7, 11) is 0. The summed E-state index contributed by atoms with van der Waals surface area (Å²) >= 11 is 5.10. The predicted octanol–water partition coefficient (Wildman–Crippen LogP) is 4.44. The van der Waals surface area contributed by atoms with Gasteiger partial charge in [0, 0.05) is 5.92 Å². The Morgan fingerprint density at radius 1 is 1.44 bits per heavy atom. The third-order valence-corrected chi connectivity index (χ3v) is 6.33. The summed E-state index contributed by atoms with van der Waals surface area (Å²) < 4.78 is 1.11. The Kier molecular flexibility index (Phi) is 2.71. The van der Waals surface area contributed by atoms with Crippen molar-refractivity contribution in [3.05, 3.63) is 20.3 Å². The summed E-state index contributed by atoms with van der Waals surface area (Å²) in [5.74, 6) is 2.29. The summed E-state index contributed by atoms with van der Waals surface area (Å²) in [6, 6.07) is 2.04. The van der Waals surface area contributed by atoms with Crippen LogP contribution in [0.15, 0.2) is 9.85 Å². The molecule has 1 aromatic heterocycles. The normalized spacial score (nSPS) is 32.2. The number of Topliss-reactive ketones (excluding diaryl/α,β-unsaturated/α-hetero) is 1. The second-order valence-corrected chi connectivity index (χ2v) is 7.58. The second-order valence-electron chi connectivity index (χ2n) is 5.21. The van der Waals surface area contributed by atoms with Crippen LogP contribution >= 0.6 is 27.3 Å². The first-order valence-electron chi connectivity index (χ1n) is 5.95. The fourth-order valence-electron chi connectivity index (χ4n) is 3.33. The second kappa shape index (κ2) is 3.95. The molecule has 2 fully saturated rings. The van der Waals surface area contributed by atoms with E-state index in [1.165, 1.54) is 24.8 Å². The first-order valence-corrected chi connectivity index (χ1v) is 7.56. The van der Waals surface area contributed by atoms with Crippen LogP contribution in [0.25, 0.3) is 0 Å². The molecule has 0 aromatic carbocycles. The maximum absolute atomic E-state index is 12.4. The molecule has 0 N–H and O–H groups in total. The van der Waals surface area contributed by atoms with Gasteiger partial charge in [-0.05, 0) is 65.6 Å². The zero-order valence-corrected chi connectivity index (χ0v) is 11.7. The molecule has 2 aliphatic rings. The highest BCUT2D eigenvalue weighted by Crippen LogP contribution is 2.49. The van der Waals surface area contributed by atoms with Crippen LogP contribution in [-0.4, -0.2) is 5.78 Å². The molecule has 2 bridgehead atoms. The van der Waals surface area contributed by atoms with Crippen molar-refractivity contribution in [1.29, 1.82) is 0 Å². The van der Waals surface area contributed by atoms with Gasteiger partial charge in [-0.3, -0.25) is 4.79 Å². The largest absolute Gasteiger partial charge is 0.293 e. The molecule has 1 heterocycles. The Bertz CT molecular complexity index is 418. The van der Waals surface area contributed by atoms with Crippen LogP contribution < -0.4 is 0 Å². The van der Waals surface area contributed by atoms with Crippen molar-refractivity contribution < 1.29 is 4.79 Å². The Balaban J connectivity index is 1.83. The maximum Gasteiger partial charge on any atom is 0.176 e. The van der Waals surface area contributed by atoms with Crippen LogP contribution in [0.1, 0.15) is 40.9 Å². The molecule has 2 aliphatic carbocycles. The lowest BCUT2D eigenvalue weighted by Crippen LogP contribution is -2.20. The average Bonchev–Trinajstić information content (AvgIpc) is 2.94. The molecule has 1 nitrogen and oxygen atoms in total. The van der Waals surface area contributed by atoms with Crippen molar-refractivity contribution >= 4 is 33.0 Å². The van der Waals surface area contributed by atoms with Gasteiger partial charge in [0.1, 0.15) is 0 Å². The molecular formula is C13H15BrOS. The Morgan fingerprint density at radius 3 is 2.75 bits per heavy atom. The van der Waals surface area contributed by atoms with Gasteiger partial charge >= 0.3 is 0 Å². The van der Waals surface area contributed by atoms with Crippen LogP contribution in [0.5, 0.6) is 0 Å². The average molecular weight is 299 g/mol. The molecule has 3 rings (SSSR count). The van der Waals surface area contributed by atoms with E-state index in [0.29, 0.717) is 17.6 Å². The lowest BCUT2D eigenvalue weighted by molar-refractivity contribution is 0.0879. The van der Waals surface area contributed by atoms with E-state index in [2.05, 4.69) is 22.9 Å². The highest BCUT2D eigenvalue weighted by molar-refractivity contribution is 9.11. The number of ketones is 1. The highest BCUT2D eigenvalue weighted by Gasteiger charge is 2.43. The Morgan fingerprint density at radius 2 is 2.25 bits per heavy atom. The Labute approximate surface area is 108 Å². The van der Waals surface area contributed by atoms with Crippen LogP contribution in [0.4, 0.5) is 0 Å². The quantitative estimate of drug-likeness (QED) is 0.738. The number of fused-ring (bicyclic) bond motifs is 2. The molecule has 1 aromatic rings. The van der Waals surface area contributed by atoms with Crippen molar-refractivity contribution in [3.8, 4) is 0 Å². The molecule has 0 radical (unpaired) electrons. The molecule has 3 unspecified atom stereocenters. The van der Waals surface area contributed by atoms with Gasteiger partial charge in [0.25, 0.3) is 0 Å². The number of aryl methyl sites for hydroxylation is 1. The smallest absolute Gasteiger partial charge is 0.176 e. The van der Waals surface area contributed by atoms with E-state index in [1.807, 2.05) is 6.07 Å². The van der Waals surface area contributed by atoms with Crippen molar-refractivity contribution in [1.82, 2.24) is 0 Å². The van der Waals surface area contributed by atoms with E-state index in [1.54, 1.807) is 11.3 Å². The van der Waals surface area contributed by atoms with E-state index in [-0.39, 0.29) is 0 Å². The third-order valence-electron chi connectivity index (χ3n) is 4.17. The van der Waals surface area contributed by atoms with Crippen LogP contribution in [0.2, 0.25) is 0 Å². The zero-order valence-electron chi connectivity index (χ0n) is 9.33. The van der Waals surface area contributed by atoms with E-state index in [0.717, 1.165) is 21.0 Å². The van der Waals surface area contributed by atoms with Crippen LogP contribution in [0, 0.1) is 24.7 Å². The molecular weight excluding hydrogens is 284 g/mol. The zero-order chi connectivity index (χ0) is 11.3. The molecule has 0 aliphatic heterocycles. The van der Waals surface area contributed by atoms with Crippen molar-refractivity contribution in [2.45, 2.75) is 32.6 Å². The van der Waals surface area contributed by atoms with Crippen molar-refractivity contribution in [2.75, 3.05) is 0 Å². The lowest BCUT2D eigenvalue weighted by atomic mass is 9.85. The van der Waals surface area contributed by atoms with Crippen molar-refractivity contribution in [2.24, 2.45) is 17.8 Å². The van der Waals surface area contributed by atoms with Crippen LogP contribution in [-0.2, 0) is 0 Å². The van der Waals surface area contributed by atoms with E-state index < -0.39 is 0 Å². The molecule has 0 amide bonds. The van der Waals surface area contributed by atoms with Gasteiger partial charge < -0.3 is 0 Å². The molecule has 0 spiro atoms. The highest BCUT2D eigenvalue weighted by atomic mass is 79.9. The van der Waals surface area contributed by atoms with Gasteiger partial charge in [-0.25, -0.2) is 0 Å². The number of halogens is 1.